The number of fused-ring (bicyclic) bond motifs is 2. The summed E-state index contributed by atoms with van der Waals surface area (Å²) in [5.74, 6) is -2.95. The van der Waals surface area contributed by atoms with Gasteiger partial charge in [-0.2, -0.15) is 0 Å². The van der Waals surface area contributed by atoms with Gasteiger partial charge in [0.2, 0.25) is 11.4 Å². The summed E-state index contributed by atoms with van der Waals surface area (Å²) >= 11 is 0. The van der Waals surface area contributed by atoms with Gasteiger partial charge in [-0.15, -0.1) is 0 Å². The Labute approximate surface area is 170 Å². The van der Waals surface area contributed by atoms with E-state index in [9.17, 15) is 19.2 Å². The van der Waals surface area contributed by atoms with Crippen LogP contribution in [-0.2, 0) is 33.4 Å². The Morgan fingerprint density at radius 3 is 2.66 bits per heavy atom. The van der Waals surface area contributed by atoms with Crippen LogP contribution in [0.5, 0.6) is 0 Å². The number of rotatable bonds is 1. The van der Waals surface area contributed by atoms with Gasteiger partial charge in [0, 0.05) is 43.5 Å². The molecule has 0 aromatic carbocycles. The van der Waals surface area contributed by atoms with Gasteiger partial charge in [0.1, 0.15) is 6.61 Å². The van der Waals surface area contributed by atoms with Gasteiger partial charge < -0.3 is 19.1 Å². The van der Waals surface area contributed by atoms with Crippen molar-refractivity contribution in [3.05, 3.63) is 23.3 Å². The lowest BCUT2D eigenvalue weighted by Gasteiger charge is -2.34. The normalized spacial score (nSPS) is 31.4. The number of ether oxygens (including phenoxy) is 3. The van der Waals surface area contributed by atoms with E-state index in [4.69, 9.17) is 14.2 Å². The van der Waals surface area contributed by atoms with E-state index in [2.05, 4.69) is 0 Å². The number of carbonyl (C=O) groups excluding carboxylic acids is 4. The van der Waals surface area contributed by atoms with E-state index in [0.717, 1.165) is 0 Å². The molecule has 2 bridgehead atoms. The third kappa shape index (κ3) is 5.32. The second kappa shape index (κ2) is 9.35. The van der Waals surface area contributed by atoms with Gasteiger partial charge in [-0.3, -0.25) is 9.59 Å². The molecule has 8 nitrogen and oxygen atoms in total. The first-order valence-corrected chi connectivity index (χ1v) is 9.73. The van der Waals surface area contributed by atoms with Gasteiger partial charge in [-0.25, -0.2) is 9.59 Å². The quantitative estimate of drug-likeness (QED) is 0.367. The van der Waals surface area contributed by atoms with E-state index in [1.54, 1.807) is 26.0 Å². The smallest absolute Gasteiger partial charge is 0.350 e. The summed E-state index contributed by atoms with van der Waals surface area (Å²) in [7, 11) is 1.88. The molecule has 0 radical (unpaired) electrons. The van der Waals surface area contributed by atoms with Crippen molar-refractivity contribution in [2.24, 2.45) is 5.92 Å². The number of ketones is 1. The lowest BCUT2D eigenvalue weighted by Crippen LogP contribution is -2.48. The van der Waals surface area contributed by atoms with E-state index in [1.165, 1.54) is 13.8 Å². The SMILES string of the molecule is C/C=C1\C[C@H](C)[C@@](C)(OC(C)=O)C(=O)OCC2=CCN(C)CC[C@@H](OC1=O)C2=O. The van der Waals surface area contributed by atoms with Crippen LogP contribution in [0.2, 0.25) is 0 Å². The molecule has 0 N–H and O–H groups in total. The summed E-state index contributed by atoms with van der Waals surface area (Å²) in [5, 5.41) is 0. The highest BCUT2D eigenvalue weighted by Crippen LogP contribution is 2.31. The van der Waals surface area contributed by atoms with Gasteiger partial charge in [-0.05, 0) is 27.3 Å². The highest BCUT2D eigenvalue weighted by atomic mass is 16.6. The van der Waals surface area contributed by atoms with Crippen molar-refractivity contribution in [3.63, 3.8) is 0 Å². The molecule has 2 rings (SSSR count). The summed E-state index contributed by atoms with van der Waals surface area (Å²) < 4.78 is 16.3. The molecule has 0 spiro atoms. The number of Topliss-reactive ketones (excluding diaryl/α,β-unsaturated/α-hetero) is 1. The molecule has 160 valence electrons. The molecule has 0 aromatic rings. The van der Waals surface area contributed by atoms with E-state index in [0.29, 0.717) is 25.1 Å². The summed E-state index contributed by atoms with van der Waals surface area (Å²) in [5.41, 5.74) is -1.05. The molecular weight excluding hydrogens is 378 g/mol. The van der Waals surface area contributed by atoms with Crippen LogP contribution >= 0.6 is 0 Å². The maximum absolute atomic E-state index is 12.9. The van der Waals surface area contributed by atoms with Crippen molar-refractivity contribution in [3.8, 4) is 0 Å². The molecule has 8 heteroatoms. The van der Waals surface area contributed by atoms with Crippen LogP contribution in [-0.4, -0.2) is 67.0 Å². The van der Waals surface area contributed by atoms with Crippen LogP contribution in [0.4, 0.5) is 0 Å². The van der Waals surface area contributed by atoms with E-state index < -0.39 is 35.5 Å². The highest BCUT2D eigenvalue weighted by molar-refractivity contribution is 6.01. The fraction of sp³-hybridized carbons (Fsp3) is 0.619. The highest BCUT2D eigenvalue weighted by Gasteiger charge is 2.45. The van der Waals surface area contributed by atoms with Crippen molar-refractivity contribution >= 4 is 23.7 Å². The van der Waals surface area contributed by atoms with Gasteiger partial charge in [0.15, 0.2) is 6.10 Å². The minimum Gasteiger partial charge on any atom is -0.458 e. The first-order chi connectivity index (χ1) is 13.6. The number of nitrogens with zero attached hydrogens (tertiary/aromatic N) is 1. The van der Waals surface area contributed by atoms with Gasteiger partial charge in [0.25, 0.3) is 0 Å². The number of hydrogen-bond donors (Lipinski definition) is 0. The Hall–Kier alpha value is -2.48. The first-order valence-electron chi connectivity index (χ1n) is 9.73. The topological polar surface area (TPSA) is 99.2 Å². The molecule has 3 atom stereocenters. The molecule has 2 aliphatic heterocycles. The van der Waals surface area contributed by atoms with Gasteiger partial charge >= 0.3 is 17.9 Å². The maximum atomic E-state index is 12.9. The van der Waals surface area contributed by atoms with Gasteiger partial charge in [0.05, 0.1) is 0 Å². The van der Waals surface area contributed by atoms with Crippen molar-refractivity contribution in [1.29, 1.82) is 0 Å². The van der Waals surface area contributed by atoms with Crippen LogP contribution < -0.4 is 0 Å². The van der Waals surface area contributed by atoms with Crippen molar-refractivity contribution in [1.82, 2.24) is 4.90 Å². The molecular formula is C21H29NO7. The van der Waals surface area contributed by atoms with Crippen molar-refractivity contribution in [2.45, 2.75) is 52.2 Å². The van der Waals surface area contributed by atoms with Gasteiger partial charge in [-0.1, -0.05) is 19.1 Å². The Balaban J connectivity index is 2.48. The molecule has 0 amide bonds. The summed E-state index contributed by atoms with van der Waals surface area (Å²) in [6.45, 7) is 6.83. The number of cyclic esters (lactones) is 1. The zero-order chi connectivity index (χ0) is 21.8. The lowest BCUT2D eigenvalue weighted by molar-refractivity contribution is -0.185. The second-order valence-corrected chi connectivity index (χ2v) is 7.73. The number of likely N-dealkylation sites (N-methyl/N-ethyl adjacent to an activating group) is 1. The van der Waals surface area contributed by atoms with E-state index in [-0.39, 0.29) is 24.4 Å². The Bertz CT molecular complexity index is 754. The average Bonchev–Trinajstić information content (AvgIpc) is 2.65. The van der Waals surface area contributed by atoms with Crippen molar-refractivity contribution < 1.29 is 33.4 Å². The van der Waals surface area contributed by atoms with E-state index >= 15 is 0 Å². The molecule has 0 saturated carbocycles. The van der Waals surface area contributed by atoms with Crippen LogP contribution in [0.3, 0.4) is 0 Å². The molecule has 0 unspecified atom stereocenters. The largest absolute Gasteiger partial charge is 0.458 e. The lowest BCUT2D eigenvalue weighted by atomic mass is 9.84. The van der Waals surface area contributed by atoms with E-state index in [1.807, 2.05) is 11.9 Å². The molecule has 29 heavy (non-hydrogen) atoms. The summed E-state index contributed by atoms with van der Waals surface area (Å²) in [6, 6.07) is 0. The monoisotopic (exact) mass is 407 g/mol. The number of esters is 3. The average molecular weight is 407 g/mol. The summed E-state index contributed by atoms with van der Waals surface area (Å²) in [4.78, 5) is 52.1. The Morgan fingerprint density at radius 1 is 1.34 bits per heavy atom. The molecule has 1 saturated heterocycles. The predicted octanol–water partition coefficient (Wildman–Crippen LogP) is 1.58. The Kier molecular flexibility index (Phi) is 7.35. The number of carbonyl (C=O) groups is 4. The van der Waals surface area contributed by atoms with Crippen LogP contribution in [0, 0.1) is 5.92 Å². The molecule has 1 fully saturated rings. The van der Waals surface area contributed by atoms with Crippen LogP contribution in [0.25, 0.3) is 0 Å². The van der Waals surface area contributed by atoms with Crippen LogP contribution in [0.1, 0.15) is 40.5 Å². The third-order valence-electron chi connectivity index (χ3n) is 5.48. The Morgan fingerprint density at radius 2 is 2.03 bits per heavy atom. The first kappa shape index (κ1) is 22.8. The van der Waals surface area contributed by atoms with Crippen molar-refractivity contribution in [2.75, 3.05) is 26.7 Å². The second-order valence-electron chi connectivity index (χ2n) is 7.73. The number of hydrogen-bond acceptors (Lipinski definition) is 8. The molecule has 0 aromatic heterocycles. The van der Waals surface area contributed by atoms with Crippen LogP contribution in [0.15, 0.2) is 23.3 Å². The molecule has 2 heterocycles. The molecule has 2 aliphatic rings. The fourth-order valence-electron chi connectivity index (χ4n) is 3.35. The zero-order valence-electron chi connectivity index (χ0n) is 17.6. The standard InChI is InChI=1S/C21H29NO7/c1-6-15-11-13(2)21(4,29-14(3)23)20(26)27-12-16-7-9-22(5)10-8-17(18(16)24)28-19(15)25/h6-7,13,17H,8-12H2,1-5H3/b15-6+,16-7?/t13-,17+,21+/m0/s1. The third-order valence-corrected chi connectivity index (χ3v) is 5.48. The summed E-state index contributed by atoms with van der Waals surface area (Å²) in [6.07, 6.45) is 2.78. The maximum Gasteiger partial charge on any atom is 0.350 e. The minimum absolute atomic E-state index is 0.123. The predicted molar refractivity (Wildman–Crippen MR) is 104 cm³/mol. The minimum atomic E-state index is -1.61. The fourth-order valence-corrected chi connectivity index (χ4v) is 3.35. The number of allylic oxidation sites excluding steroid dienone is 1. The molecule has 0 aliphatic carbocycles. The zero-order valence-corrected chi connectivity index (χ0v) is 17.6.